The van der Waals surface area contributed by atoms with Gasteiger partial charge in [-0.15, -0.1) is 0 Å². The quantitative estimate of drug-likeness (QED) is 0.825. The molecule has 0 aromatic heterocycles. The molecule has 0 unspecified atom stereocenters. The van der Waals surface area contributed by atoms with E-state index in [0.29, 0.717) is 0 Å². The van der Waals surface area contributed by atoms with E-state index in [2.05, 4.69) is 12.1 Å². The molecule has 0 saturated heterocycles. The molecular weight excluding hydrogens is 242 g/mol. The molecule has 0 radical (unpaired) electrons. The molecule has 0 aliphatic heterocycles. The van der Waals surface area contributed by atoms with Gasteiger partial charge in [-0.05, 0) is 22.3 Å². The predicted octanol–water partition coefficient (Wildman–Crippen LogP) is 3.03. The zero-order valence-electron chi connectivity index (χ0n) is 9.67. The van der Waals surface area contributed by atoms with Crippen molar-refractivity contribution in [2.24, 2.45) is 0 Å². The summed E-state index contributed by atoms with van der Waals surface area (Å²) < 4.78 is 12.3. The molecule has 2 aromatic carbocycles. The summed E-state index contributed by atoms with van der Waals surface area (Å²) in [6.45, 7) is 0. The first-order valence-electron chi connectivity index (χ1n) is 5.75. The summed E-state index contributed by atoms with van der Waals surface area (Å²) in [6.07, 6.45) is 0. The van der Waals surface area contributed by atoms with Crippen molar-refractivity contribution in [2.45, 2.75) is 5.25 Å². The fourth-order valence-corrected chi connectivity index (χ4v) is 3.81. The summed E-state index contributed by atoms with van der Waals surface area (Å²) >= 11 is 0. The molecule has 3 heteroatoms. The summed E-state index contributed by atoms with van der Waals surface area (Å²) in [7, 11) is -1.18. The Labute approximate surface area is 108 Å². The summed E-state index contributed by atoms with van der Waals surface area (Å²) in [4.78, 5) is 0. The Hall–Kier alpha value is -1.92. The highest BCUT2D eigenvalue weighted by Crippen LogP contribution is 2.45. The van der Waals surface area contributed by atoms with E-state index >= 15 is 0 Å². The van der Waals surface area contributed by atoms with Crippen molar-refractivity contribution in [3.63, 3.8) is 0 Å². The van der Waals surface area contributed by atoms with Crippen LogP contribution < -0.4 is 0 Å². The van der Waals surface area contributed by atoms with Crippen LogP contribution in [0.4, 0.5) is 0 Å². The van der Waals surface area contributed by atoms with Crippen molar-refractivity contribution in [2.75, 3.05) is 5.75 Å². The lowest BCUT2D eigenvalue weighted by atomic mass is 10.1. The Kier molecular flexibility index (Phi) is 2.73. The van der Waals surface area contributed by atoms with Crippen molar-refractivity contribution in [1.82, 2.24) is 0 Å². The highest BCUT2D eigenvalue weighted by atomic mass is 32.2. The SMILES string of the molecule is N#CC[S@@](=O)C1c2ccccc2-c2ccccc21. The molecule has 1 aliphatic carbocycles. The van der Waals surface area contributed by atoms with Crippen LogP contribution in [-0.2, 0) is 10.8 Å². The summed E-state index contributed by atoms with van der Waals surface area (Å²) in [5.41, 5.74) is 4.44. The van der Waals surface area contributed by atoms with Gasteiger partial charge in [0.15, 0.2) is 0 Å². The third-order valence-electron chi connectivity index (χ3n) is 3.25. The number of benzene rings is 2. The van der Waals surface area contributed by atoms with Crippen LogP contribution in [0.2, 0.25) is 0 Å². The van der Waals surface area contributed by atoms with Gasteiger partial charge in [0.1, 0.15) is 5.75 Å². The topological polar surface area (TPSA) is 40.9 Å². The summed E-state index contributed by atoms with van der Waals surface area (Å²) in [6, 6.07) is 18.0. The monoisotopic (exact) mass is 253 g/mol. The second-order valence-electron chi connectivity index (χ2n) is 4.24. The smallest absolute Gasteiger partial charge is 0.112 e. The van der Waals surface area contributed by atoms with E-state index in [4.69, 9.17) is 5.26 Å². The predicted molar refractivity (Wildman–Crippen MR) is 72.3 cm³/mol. The van der Waals surface area contributed by atoms with Crippen molar-refractivity contribution in [1.29, 1.82) is 5.26 Å². The van der Waals surface area contributed by atoms with Crippen LogP contribution in [-0.4, -0.2) is 9.96 Å². The number of hydrogen-bond donors (Lipinski definition) is 0. The van der Waals surface area contributed by atoms with E-state index in [1.807, 2.05) is 42.5 Å². The molecular formula is C15H11NOS. The molecule has 0 amide bonds. The molecule has 3 rings (SSSR count). The minimum atomic E-state index is -1.18. The second-order valence-corrected chi connectivity index (χ2v) is 5.76. The first-order valence-corrected chi connectivity index (χ1v) is 7.13. The molecule has 2 nitrogen and oxygen atoms in total. The van der Waals surface area contributed by atoms with Gasteiger partial charge < -0.3 is 0 Å². The zero-order chi connectivity index (χ0) is 12.5. The second kappa shape index (κ2) is 4.40. The van der Waals surface area contributed by atoms with Gasteiger partial charge in [-0.1, -0.05) is 48.5 Å². The van der Waals surface area contributed by atoms with Crippen LogP contribution in [0.15, 0.2) is 48.5 Å². The van der Waals surface area contributed by atoms with Gasteiger partial charge in [0.25, 0.3) is 0 Å². The molecule has 88 valence electrons. The van der Waals surface area contributed by atoms with Gasteiger partial charge in [0.05, 0.1) is 11.3 Å². The molecule has 0 bridgehead atoms. The number of hydrogen-bond acceptors (Lipinski definition) is 2. The van der Waals surface area contributed by atoms with Gasteiger partial charge in [0, 0.05) is 10.8 Å². The third kappa shape index (κ3) is 1.58. The van der Waals surface area contributed by atoms with Crippen molar-refractivity contribution in [3.8, 4) is 17.2 Å². The van der Waals surface area contributed by atoms with Gasteiger partial charge in [0.2, 0.25) is 0 Å². The Bertz CT molecular complexity index is 627. The molecule has 2 aromatic rings. The van der Waals surface area contributed by atoms with Crippen LogP contribution in [0.5, 0.6) is 0 Å². The third-order valence-corrected chi connectivity index (χ3v) is 4.69. The zero-order valence-corrected chi connectivity index (χ0v) is 10.5. The van der Waals surface area contributed by atoms with Crippen molar-refractivity contribution >= 4 is 10.8 Å². The maximum atomic E-state index is 12.3. The molecule has 1 aliphatic rings. The standard InChI is InChI=1S/C15H11NOS/c16-9-10-18(17)15-13-7-3-1-5-11(13)12-6-2-4-8-14(12)15/h1-8,15H,10H2/t18-/m1/s1. The van der Waals surface area contributed by atoms with Crippen LogP contribution in [0.3, 0.4) is 0 Å². The summed E-state index contributed by atoms with van der Waals surface area (Å²) in [5.74, 6) is 0.0767. The molecule has 18 heavy (non-hydrogen) atoms. The molecule has 1 atom stereocenters. The highest BCUT2D eigenvalue weighted by Gasteiger charge is 2.31. The van der Waals surface area contributed by atoms with Crippen LogP contribution in [0.1, 0.15) is 16.4 Å². The number of rotatable bonds is 2. The Morgan fingerprint density at radius 2 is 1.50 bits per heavy atom. The molecule has 0 N–H and O–H groups in total. The maximum absolute atomic E-state index is 12.3. The Morgan fingerprint density at radius 1 is 1.00 bits per heavy atom. The van der Waals surface area contributed by atoms with Crippen LogP contribution in [0, 0.1) is 11.3 Å². The van der Waals surface area contributed by atoms with Crippen LogP contribution in [0.25, 0.3) is 11.1 Å². The first-order chi connectivity index (χ1) is 8.83. The van der Waals surface area contributed by atoms with E-state index in [1.165, 1.54) is 0 Å². The highest BCUT2D eigenvalue weighted by molar-refractivity contribution is 7.85. The van der Waals surface area contributed by atoms with Crippen molar-refractivity contribution < 1.29 is 4.21 Å². The van der Waals surface area contributed by atoms with Crippen molar-refractivity contribution in [3.05, 3.63) is 59.7 Å². The van der Waals surface area contributed by atoms with Gasteiger partial charge in [-0.25, -0.2) is 0 Å². The lowest BCUT2D eigenvalue weighted by molar-refractivity contribution is 0.681. The fraction of sp³-hybridized carbons (Fsp3) is 0.133. The average molecular weight is 253 g/mol. The van der Waals surface area contributed by atoms with Gasteiger partial charge >= 0.3 is 0 Å². The van der Waals surface area contributed by atoms with E-state index in [9.17, 15) is 4.21 Å². The molecule has 0 saturated carbocycles. The normalized spacial score (nSPS) is 14.6. The van der Waals surface area contributed by atoms with Gasteiger partial charge in [-0.2, -0.15) is 5.26 Å². The molecule has 0 heterocycles. The lowest BCUT2D eigenvalue weighted by Crippen LogP contribution is -2.07. The van der Waals surface area contributed by atoms with E-state index in [1.54, 1.807) is 0 Å². The number of fused-ring (bicyclic) bond motifs is 3. The number of nitriles is 1. The lowest BCUT2D eigenvalue weighted by Gasteiger charge is -2.10. The molecule has 0 spiro atoms. The summed E-state index contributed by atoms with van der Waals surface area (Å²) in [5, 5.41) is 8.59. The van der Waals surface area contributed by atoms with E-state index in [0.717, 1.165) is 22.3 Å². The number of nitrogens with zero attached hydrogens (tertiary/aromatic N) is 1. The Balaban J connectivity index is 2.21. The van der Waals surface area contributed by atoms with Gasteiger partial charge in [-0.3, -0.25) is 4.21 Å². The van der Waals surface area contributed by atoms with E-state index in [-0.39, 0.29) is 11.0 Å². The minimum absolute atomic E-state index is 0.0767. The Morgan fingerprint density at radius 3 is 2.00 bits per heavy atom. The fourth-order valence-electron chi connectivity index (χ4n) is 2.54. The molecule has 0 fully saturated rings. The average Bonchev–Trinajstić information content (AvgIpc) is 2.73. The largest absolute Gasteiger partial charge is 0.258 e. The van der Waals surface area contributed by atoms with E-state index < -0.39 is 10.8 Å². The minimum Gasteiger partial charge on any atom is -0.258 e. The van der Waals surface area contributed by atoms with Crippen LogP contribution >= 0.6 is 0 Å². The maximum Gasteiger partial charge on any atom is 0.112 e. The first kappa shape index (κ1) is 11.2.